The van der Waals surface area contributed by atoms with Gasteiger partial charge in [-0.25, -0.2) is 9.78 Å². The van der Waals surface area contributed by atoms with Crippen molar-refractivity contribution in [3.05, 3.63) is 111 Å². The Morgan fingerprint density at radius 1 is 1.09 bits per heavy atom. The molecule has 0 unspecified atom stereocenters. The Kier molecular flexibility index (Phi) is 7.92. The number of nitrogens with zero attached hydrogens (tertiary/aromatic N) is 2. The number of aliphatic hydroxyl groups excluding tert-OH is 1. The molecule has 44 heavy (non-hydrogen) atoms. The number of benzene rings is 3. The lowest BCUT2D eigenvalue weighted by molar-refractivity contribution is -0.132. The van der Waals surface area contributed by atoms with Crippen LogP contribution in [0.2, 0.25) is 0 Å². The first-order valence-electron chi connectivity index (χ1n) is 14.3. The smallest absolute Gasteiger partial charge is 0.350 e. The Labute approximate surface area is 258 Å². The summed E-state index contributed by atoms with van der Waals surface area (Å²) in [4.78, 5) is 46.0. The SMILES string of the molecule is CCOC(=O)c1sc(N2C(=O)C(=O)C(=C(O)c3ccc4c(c3)C[C@H](C)O4)[C@H]2c2cccc(OCc3ccccc3)c2)nc1C. The van der Waals surface area contributed by atoms with Gasteiger partial charge in [-0.2, -0.15) is 0 Å². The van der Waals surface area contributed by atoms with E-state index >= 15 is 0 Å². The molecule has 2 atom stereocenters. The molecule has 9 nitrogen and oxygen atoms in total. The predicted molar refractivity (Wildman–Crippen MR) is 165 cm³/mol. The van der Waals surface area contributed by atoms with Gasteiger partial charge in [0.2, 0.25) is 0 Å². The van der Waals surface area contributed by atoms with Crippen LogP contribution in [0.5, 0.6) is 11.5 Å². The zero-order valence-corrected chi connectivity index (χ0v) is 25.2. The van der Waals surface area contributed by atoms with Gasteiger partial charge < -0.3 is 19.3 Å². The maximum absolute atomic E-state index is 13.7. The minimum Gasteiger partial charge on any atom is -0.507 e. The first-order valence-corrected chi connectivity index (χ1v) is 15.1. The molecule has 1 fully saturated rings. The lowest BCUT2D eigenvalue weighted by atomic mass is 9.94. The van der Waals surface area contributed by atoms with Crippen LogP contribution in [-0.4, -0.2) is 40.5 Å². The van der Waals surface area contributed by atoms with Crippen LogP contribution < -0.4 is 14.4 Å². The van der Waals surface area contributed by atoms with Crippen LogP contribution in [0.15, 0.2) is 78.4 Å². The lowest BCUT2D eigenvalue weighted by Gasteiger charge is -2.23. The van der Waals surface area contributed by atoms with Crippen LogP contribution in [0.4, 0.5) is 5.13 Å². The Bertz CT molecular complexity index is 1800. The molecule has 0 spiro atoms. The van der Waals surface area contributed by atoms with Crippen molar-refractivity contribution in [2.24, 2.45) is 0 Å². The second-order valence-electron chi connectivity index (χ2n) is 10.6. The number of carbonyl (C=O) groups is 3. The molecule has 0 bridgehead atoms. The monoisotopic (exact) mass is 610 g/mol. The molecule has 2 aliphatic heterocycles. The first-order chi connectivity index (χ1) is 21.2. The summed E-state index contributed by atoms with van der Waals surface area (Å²) in [5.74, 6) is -1.36. The number of carbonyl (C=O) groups excluding carboxylic acids is 3. The molecule has 1 amide bonds. The molecular weight excluding hydrogens is 580 g/mol. The number of Topliss-reactive ketones (excluding diaryl/α,β-unsaturated/α-hetero) is 1. The summed E-state index contributed by atoms with van der Waals surface area (Å²) in [7, 11) is 0. The molecule has 4 aromatic rings. The fraction of sp³-hybridized carbons (Fsp3) is 0.235. The van der Waals surface area contributed by atoms with E-state index in [1.807, 2.05) is 37.3 Å². The van der Waals surface area contributed by atoms with Crippen molar-refractivity contribution in [2.75, 3.05) is 11.5 Å². The van der Waals surface area contributed by atoms with E-state index in [0.717, 1.165) is 28.2 Å². The van der Waals surface area contributed by atoms with Gasteiger partial charge in [-0.1, -0.05) is 53.8 Å². The van der Waals surface area contributed by atoms with E-state index in [9.17, 15) is 19.5 Å². The van der Waals surface area contributed by atoms with E-state index in [1.165, 1.54) is 4.90 Å². The molecule has 0 radical (unpaired) electrons. The van der Waals surface area contributed by atoms with Crippen LogP contribution in [0.25, 0.3) is 5.76 Å². The topological polar surface area (TPSA) is 115 Å². The third-order valence-corrected chi connectivity index (χ3v) is 8.63. The second kappa shape index (κ2) is 12.0. The molecule has 10 heteroatoms. The molecule has 3 heterocycles. The summed E-state index contributed by atoms with van der Waals surface area (Å²) < 4.78 is 17.0. The minimum atomic E-state index is -1.04. The van der Waals surface area contributed by atoms with Crippen molar-refractivity contribution >= 4 is 39.9 Å². The van der Waals surface area contributed by atoms with Gasteiger partial charge in [0.05, 0.1) is 23.9 Å². The molecule has 1 aromatic heterocycles. The van der Waals surface area contributed by atoms with Gasteiger partial charge in [-0.05, 0) is 67.8 Å². The summed E-state index contributed by atoms with van der Waals surface area (Å²) >= 11 is 0.962. The van der Waals surface area contributed by atoms with Gasteiger partial charge >= 0.3 is 11.9 Å². The number of ether oxygens (including phenoxy) is 3. The van der Waals surface area contributed by atoms with Crippen LogP contribution in [-0.2, 0) is 27.4 Å². The van der Waals surface area contributed by atoms with Crippen LogP contribution in [0.3, 0.4) is 0 Å². The van der Waals surface area contributed by atoms with Crippen molar-refractivity contribution in [1.29, 1.82) is 0 Å². The maximum Gasteiger partial charge on any atom is 0.350 e. The number of aliphatic hydroxyl groups is 1. The van der Waals surface area contributed by atoms with Gasteiger partial charge in [-0.15, -0.1) is 0 Å². The predicted octanol–water partition coefficient (Wildman–Crippen LogP) is 6.16. The van der Waals surface area contributed by atoms with Crippen molar-refractivity contribution in [3.8, 4) is 11.5 Å². The molecule has 6 rings (SSSR count). The van der Waals surface area contributed by atoms with Crippen LogP contribution in [0.1, 0.15) is 57.5 Å². The molecule has 1 saturated heterocycles. The maximum atomic E-state index is 13.7. The Hall–Kier alpha value is -4.96. The molecular formula is C34H30N2O7S. The molecule has 1 N–H and O–H groups in total. The number of fused-ring (bicyclic) bond motifs is 1. The van der Waals surface area contributed by atoms with E-state index in [4.69, 9.17) is 14.2 Å². The van der Waals surface area contributed by atoms with Crippen molar-refractivity contribution < 1.29 is 33.7 Å². The zero-order chi connectivity index (χ0) is 31.0. The average Bonchev–Trinajstić information content (AvgIpc) is 3.68. The fourth-order valence-corrected chi connectivity index (χ4v) is 6.44. The number of aromatic nitrogens is 1. The van der Waals surface area contributed by atoms with Gasteiger partial charge in [0.15, 0.2) is 5.13 Å². The number of anilines is 1. The number of aryl methyl sites for hydroxylation is 1. The van der Waals surface area contributed by atoms with E-state index in [1.54, 1.807) is 56.3 Å². The number of hydrogen-bond acceptors (Lipinski definition) is 9. The first kappa shape index (κ1) is 29.1. The standard InChI is InChI=1S/C34H30N2O7S/c1-4-41-33(40)31-20(3)35-34(44-31)36-28(22-11-8-12-25(17-22)42-18-21-9-6-5-7-10-21)27(30(38)32(36)39)29(37)23-13-14-26-24(16-23)15-19(2)43-26/h5-14,16-17,19,28,37H,4,15,18H2,1-3H3/t19-,28+/m0/s1. The zero-order valence-electron chi connectivity index (χ0n) is 24.4. The largest absolute Gasteiger partial charge is 0.507 e. The fourth-order valence-electron chi connectivity index (χ4n) is 5.46. The highest BCUT2D eigenvalue weighted by atomic mass is 32.1. The molecule has 3 aromatic carbocycles. The molecule has 0 saturated carbocycles. The van der Waals surface area contributed by atoms with E-state index in [-0.39, 0.29) is 34.1 Å². The average molecular weight is 611 g/mol. The quantitative estimate of drug-likeness (QED) is 0.109. The number of esters is 1. The van der Waals surface area contributed by atoms with Crippen LogP contribution >= 0.6 is 11.3 Å². The van der Waals surface area contributed by atoms with Gasteiger partial charge in [0, 0.05) is 12.0 Å². The summed E-state index contributed by atoms with van der Waals surface area (Å²) in [5, 5.41) is 11.8. The number of ketones is 1. The van der Waals surface area contributed by atoms with E-state index < -0.39 is 23.7 Å². The van der Waals surface area contributed by atoms with Gasteiger partial charge in [0.1, 0.15) is 34.8 Å². The Balaban J connectivity index is 1.45. The molecule has 224 valence electrons. The normalized spacial score (nSPS) is 18.7. The summed E-state index contributed by atoms with van der Waals surface area (Å²) in [5.41, 5.74) is 3.08. The highest BCUT2D eigenvalue weighted by Crippen LogP contribution is 2.45. The Morgan fingerprint density at radius 3 is 2.66 bits per heavy atom. The van der Waals surface area contributed by atoms with Gasteiger partial charge in [0.25, 0.3) is 5.78 Å². The molecule has 2 aliphatic rings. The number of rotatable bonds is 8. The number of thiazole rings is 1. The van der Waals surface area contributed by atoms with E-state index in [0.29, 0.717) is 35.6 Å². The third-order valence-electron chi connectivity index (χ3n) is 7.49. The third kappa shape index (κ3) is 5.44. The van der Waals surface area contributed by atoms with Crippen molar-refractivity contribution in [3.63, 3.8) is 0 Å². The van der Waals surface area contributed by atoms with Crippen molar-refractivity contribution in [1.82, 2.24) is 4.98 Å². The summed E-state index contributed by atoms with van der Waals surface area (Å²) in [6, 6.07) is 20.9. The lowest BCUT2D eigenvalue weighted by Crippen LogP contribution is -2.29. The number of hydrogen-bond donors (Lipinski definition) is 1. The minimum absolute atomic E-state index is 0.00617. The van der Waals surface area contributed by atoms with E-state index in [2.05, 4.69) is 4.98 Å². The second-order valence-corrected chi connectivity index (χ2v) is 11.6. The molecule has 0 aliphatic carbocycles. The van der Waals surface area contributed by atoms with Gasteiger partial charge in [-0.3, -0.25) is 14.5 Å². The highest BCUT2D eigenvalue weighted by Gasteiger charge is 2.48. The van der Waals surface area contributed by atoms with Crippen LogP contribution in [0, 0.1) is 6.92 Å². The number of amides is 1. The highest BCUT2D eigenvalue weighted by molar-refractivity contribution is 7.17. The van der Waals surface area contributed by atoms with Crippen molar-refractivity contribution in [2.45, 2.75) is 45.9 Å². The summed E-state index contributed by atoms with van der Waals surface area (Å²) in [6.07, 6.45) is 0.651. The summed E-state index contributed by atoms with van der Waals surface area (Å²) in [6.45, 7) is 5.79. The Morgan fingerprint density at radius 2 is 1.89 bits per heavy atom.